The minimum atomic E-state index is -4.61. The van der Waals surface area contributed by atoms with E-state index in [-0.39, 0.29) is 44.6 Å². The number of hydrogen-bond acceptors (Lipinski definition) is 5. The third-order valence-electron chi connectivity index (χ3n) is 5.28. The number of alkyl halides is 3. The average Bonchev–Trinajstić information content (AvgIpc) is 3.30. The summed E-state index contributed by atoms with van der Waals surface area (Å²) in [5.74, 6) is -2.19. The molecule has 1 heterocycles. The number of aromatic nitrogens is 3. The molecule has 4 aromatic rings. The van der Waals surface area contributed by atoms with Gasteiger partial charge in [0.2, 0.25) is 5.91 Å². The summed E-state index contributed by atoms with van der Waals surface area (Å²) in [7, 11) is 0. The molecule has 0 atom stereocenters. The number of thioether (sulfide) groups is 1. The minimum Gasteiger partial charge on any atom is -0.345 e. The lowest BCUT2D eigenvalue weighted by Crippen LogP contribution is -2.26. The zero-order chi connectivity index (χ0) is 29.0. The highest BCUT2D eigenvalue weighted by Gasteiger charge is 2.31. The van der Waals surface area contributed by atoms with Gasteiger partial charge in [-0.1, -0.05) is 57.0 Å². The van der Waals surface area contributed by atoms with Crippen molar-refractivity contribution < 1.29 is 27.2 Å². The van der Waals surface area contributed by atoms with E-state index in [9.17, 15) is 27.2 Å². The van der Waals surface area contributed by atoms with Crippen molar-refractivity contribution in [2.75, 3.05) is 11.1 Å². The Morgan fingerprint density at radius 1 is 1.00 bits per heavy atom. The van der Waals surface area contributed by atoms with Crippen LogP contribution in [0.1, 0.15) is 21.7 Å². The van der Waals surface area contributed by atoms with E-state index in [1.54, 1.807) is 28.8 Å². The number of hydrogen-bond donors (Lipinski definition) is 2. The number of carbonyl (C=O) groups is 2. The van der Waals surface area contributed by atoms with E-state index in [4.69, 9.17) is 23.2 Å². The molecule has 0 unspecified atom stereocenters. The number of halogens is 7. The summed E-state index contributed by atoms with van der Waals surface area (Å²) in [6.45, 7) is -0.168. The van der Waals surface area contributed by atoms with Crippen LogP contribution < -0.4 is 10.6 Å². The SMILES string of the molecule is O=C(CSc1nnc(CNC(=O)c2c(F)cccc2Cl)n1-c1ccc(Br)cc1)Nc1cc(C(F)(F)F)ccc1Cl. The number of rotatable bonds is 8. The predicted octanol–water partition coefficient (Wildman–Crippen LogP) is 7.16. The Hall–Kier alpha value is -3.13. The van der Waals surface area contributed by atoms with Gasteiger partial charge in [-0.25, -0.2) is 4.39 Å². The third-order valence-corrected chi connectivity index (χ3v) is 7.38. The van der Waals surface area contributed by atoms with Gasteiger partial charge in [0.05, 0.1) is 39.2 Å². The number of carbonyl (C=O) groups excluding carboxylic acids is 2. The second kappa shape index (κ2) is 12.6. The molecule has 7 nitrogen and oxygen atoms in total. The van der Waals surface area contributed by atoms with Crippen LogP contribution in [0.4, 0.5) is 23.2 Å². The van der Waals surface area contributed by atoms with Crippen molar-refractivity contribution in [1.82, 2.24) is 20.1 Å². The fraction of sp³-hybridized carbons (Fsp3) is 0.120. The molecule has 15 heteroatoms. The molecule has 0 aliphatic rings. The van der Waals surface area contributed by atoms with Crippen LogP contribution in [0.25, 0.3) is 5.69 Å². The van der Waals surface area contributed by atoms with Gasteiger partial charge in [-0.2, -0.15) is 13.2 Å². The molecule has 2 amide bonds. The minimum absolute atomic E-state index is 0.0580. The van der Waals surface area contributed by atoms with E-state index < -0.39 is 29.4 Å². The van der Waals surface area contributed by atoms with Crippen LogP contribution in [0.5, 0.6) is 0 Å². The van der Waals surface area contributed by atoms with Crippen molar-refractivity contribution in [3.05, 3.63) is 98.0 Å². The van der Waals surface area contributed by atoms with Crippen molar-refractivity contribution in [3.8, 4) is 5.69 Å². The first-order valence-corrected chi connectivity index (χ1v) is 13.7. The fourth-order valence-electron chi connectivity index (χ4n) is 3.43. The fourth-order valence-corrected chi connectivity index (χ4v) is 4.88. The zero-order valence-corrected chi connectivity index (χ0v) is 23.8. The van der Waals surface area contributed by atoms with Gasteiger partial charge in [-0.05, 0) is 54.6 Å². The van der Waals surface area contributed by atoms with Crippen molar-refractivity contribution in [2.24, 2.45) is 0 Å². The van der Waals surface area contributed by atoms with Gasteiger partial charge in [-0.3, -0.25) is 14.2 Å². The second-order valence-electron chi connectivity index (χ2n) is 8.02. The van der Waals surface area contributed by atoms with Crippen LogP contribution in [0, 0.1) is 5.82 Å². The number of nitrogens with zero attached hydrogens (tertiary/aromatic N) is 3. The molecule has 0 radical (unpaired) electrons. The van der Waals surface area contributed by atoms with Gasteiger partial charge < -0.3 is 10.6 Å². The molecule has 0 saturated carbocycles. The van der Waals surface area contributed by atoms with Crippen molar-refractivity contribution in [1.29, 1.82) is 0 Å². The molecular weight excluding hydrogens is 661 g/mol. The first kappa shape index (κ1) is 29.8. The van der Waals surface area contributed by atoms with Crippen LogP contribution in [-0.2, 0) is 17.5 Å². The highest BCUT2D eigenvalue weighted by Crippen LogP contribution is 2.34. The molecule has 3 aromatic carbocycles. The zero-order valence-electron chi connectivity index (χ0n) is 19.9. The lowest BCUT2D eigenvalue weighted by atomic mass is 10.2. The standard InChI is InChI=1S/C25H16BrCl2F4N5O2S/c26-14-5-7-15(8-6-14)37-20(11-33-23(39)22-17(28)2-1-3-18(22)29)35-36-24(37)40-12-21(38)34-19-10-13(25(30,31)32)4-9-16(19)27/h1-10H,11-12H2,(H,33,39)(H,34,38). The Labute approximate surface area is 247 Å². The summed E-state index contributed by atoms with van der Waals surface area (Å²) in [4.78, 5) is 25.2. The highest BCUT2D eigenvalue weighted by atomic mass is 79.9. The van der Waals surface area contributed by atoms with E-state index in [1.165, 1.54) is 12.1 Å². The van der Waals surface area contributed by atoms with Gasteiger partial charge in [-0.15, -0.1) is 10.2 Å². The van der Waals surface area contributed by atoms with Crippen molar-refractivity contribution in [2.45, 2.75) is 17.9 Å². The summed E-state index contributed by atoms with van der Waals surface area (Å²) < 4.78 is 55.7. The average molecular weight is 677 g/mol. The second-order valence-corrected chi connectivity index (χ2v) is 10.7. The Kier molecular flexibility index (Phi) is 9.39. The smallest absolute Gasteiger partial charge is 0.345 e. The predicted molar refractivity (Wildman–Crippen MR) is 147 cm³/mol. The molecule has 0 aliphatic heterocycles. The van der Waals surface area contributed by atoms with Crippen LogP contribution in [0.3, 0.4) is 0 Å². The summed E-state index contributed by atoms with van der Waals surface area (Å²) >= 11 is 16.3. The van der Waals surface area contributed by atoms with E-state index in [0.717, 1.165) is 40.5 Å². The topological polar surface area (TPSA) is 88.9 Å². The largest absolute Gasteiger partial charge is 0.416 e. The maximum absolute atomic E-state index is 14.2. The first-order chi connectivity index (χ1) is 18.9. The number of amides is 2. The molecule has 4 rings (SSSR count). The van der Waals surface area contributed by atoms with Crippen molar-refractivity contribution >= 4 is 68.4 Å². The quantitative estimate of drug-likeness (QED) is 0.153. The van der Waals surface area contributed by atoms with E-state index in [0.29, 0.717) is 5.69 Å². The number of anilines is 1. The summed E-state index contributed by atoms with van der Waals surface area (Å²) in [5.41, 5.74) is -0.881. The number of nitrogens with one attached hydrogen (secondary N) is 2. The lowest BCUT2D eigenvalue weighted by molar-refractivity contribution is -0.137. The Morgan fingerprint density at radius 3 is 2.40 bits per heavy atom. The summed E-state index contributed by atoms with van der Waals surface area (Å²) in [6, 6.07) is 13.5. The molecule has 1 aromatic heterocycles. The maximum atomic E-state index is 14.2. The molecule has 2 N–H and O–H groups in total. The molecule has 0 spiro atoms. The molecule has 0 bridgehead atoms. The molecule has 40 heavy (non-hydrogen) atoms. The van der Waals surface area contributed by atoms with Gasteiger partial charge in [0.15, 0.2) is 11.0 Å². The van der Waals surface area contributed by atoms with Gasteiger partial charge in [0.1, 0.15) is 5.82 Å². The van der Waals surface area contributed by atoms with Gasteiger partial charge in [0.25, 0.3) is 5.91 Å². The van der Waals surface area contributed by atoms with E-state index >= 15 is 0 Å². The number of benzene rings is 3. The van der Waals surface area contributed by atoms with E-state index in [1.807, 2.05) is 0 Å². The maximum Gasteiger partial charge on any atom is 0.416 e. The summed E-state index contributed by atoms with van der Waals surface area (Å²) in [6.07, 6.45) is -4.61. The normalized spacial score (nSPS) is 11.4. The molecular formula is C25H16BrCl2F4N5O2S. The Morgan fingerprint density at radius 2 is 1.73 bits per heavy atom. The Balaban J connectivity index is 1.53. The van der Waals surface area contributed by atoms with E-state index in [2.05, 4.69) is 36.8 Å². The first-order valence-electron chi connectivity index (χ1n) is 11.2. The van der Waals surface area contributed by atoms with Crippen LogP contribution in [-0.4, -0.2) is 32.3 Å². The highest BCUT2D eigenvalue weighted by molar-refractivity contribution is 9.10. The molecule has 0 fully saturated rings. The summed E-state index contributed by atoms with van der Waals surface area (Å²) in [5, 5.41) is 13.3. The molecule has 208 valence electrons. The lowest BCUT2D eigenvalue weighted by Gasteiger charge is -2.13. The molecule has 0 saturated heterocycles. The van der Waals surface area contributed by atoms with Gasteiger partial charge in [0, 0.05) is 10.2 Å². The van der Waals surface area contributed by atoms with Crippen LogP contribution in [0.15, 0.2) is 70.3 Å². The van der Waals surface area contributed by atoms with Crippen molar-refractivity contribution in [3.63, 3.8) is 0 Å². The van der Waals surface area contributed by atoms with Gasteiger partial charge >= 0.3 is 6.18 Å². The Bertz CT molecular complexity index is 1550. The monoisotopic (exact) mass is 675 g/mol. The van der Waals surface area contributed by atoms with Crippen LogP contribution >= 0.6 is 50.9 Å². The third kappa shape index (κ3) is 7.14. The molecule has 0 aliphatic carbocycles. The van der Waals surface area contributed by atoms with Crippen LogP contribution in [0.2, 0.25) is 10.0 Å².